The lowest BCUT2D eigenvalue weighted by Gasteiger charge is -2.16. The Hall–Kier alpha value is -0.160. The van der Waals surface area contributed by atoms with Crippen LogP contribution in [0.1, 0.15) is 11.6 Å². The SMILES string of the molecule is Cl.NC(c1cc(Cl)cc(Cl)c1)C(F)(F)F. The summed E-state index contributed by atoms with van der Waals surface area (Å²) in [6.45, 7) is 0. The predicted octanol–water partition coefficient (Wildman–Crippen LogP) is 3.98. The highest BCUT2D eigenvalue weighted by Gasteiger charge is 2.37. The molecule has 0 radical (unpaired) electrons. The number of benzene rings is 1. The molecule has 7 heteroatoms. The minimum atomic E-state index is -4.49. The van der Waals surface area contributed by atoms with E-state index in [0.29, 0.717) is 0 Å². The van der Waals surface area contributed by atoms with E-state index in [0.717, 1.165) is 12.1 Å². The van der Waals surface area contributed by atoms with Crippen molar-refractivity contribution in [3.63, 3.8) is 0 Å². The van der Waals surface area contributed by atoms with Crippen molar-refractivity contribution in [3.8, 4) is 0 Å². The Kier molecular flexibility index (Phi) is 5.20. The molecular formula is C8H7Cl3F3N. The van der Waals surface area contributed by atoms with Gasteiger partial charge in [0.1, 0.15) is 6.04 Å². The molecule has 1 nitrogen and oxygen atoms in total. The Bertz CT molecular complexity index is 320. The molecule has 0 amide bonds. The number of nitrogens with two attached hydrogens (primary N) is 1. The normalized spacial score (nSPS) is 13.2. The second-order valence-electron chi connectivity index (χ2n) is 2.72. The van der Waals surface area contributed by atoms with Crippen molar-refractivity contribution in [1.29, 1.82) is 0 Å². The molecule has 1 aromatic rings. The molecule has 0 heterocycles. The Balaban J connectivity index is 0.00000196. The summed E-state index contributed by atoms with van der Waals surface area (Å²) in [6.07, 6.45) is -4.49. The second-order valence-corrected chi connectivity index (χ2v) is 3.59. The van der Waals surface area contributed by atoms with Crippen LogP contribution >= 0.6 is 35.6 Å². The van der Waals surface area contributed by atoms with Crippen LogP contribution < -0.4 is 5.73 Å². The van der Waals surface area contributed by atoms with Crippen LogP contribution in [0.5, 0.6) is 0 Å². The van der Waals surface area contributed by atoms with E-state index in [1.807, 2.05) is 0 Å². The molecule has 0 spiro atoms. The topological polar surface area (TPSA) is 26.0 Å². The van der Waals surface area contributed by atoms with E-state index in [9.17, 15) is 13.2 Å². The highest BCUT2D eigenvalue weighted by atomic mass is 35.5. The van der Waals surface area contributed by atoms with Crippen molar-refractivity contribution >= 4 is 35.6 Å². The molecule has 15 heavy (non-hydrogen) atoms. The van der Waals surface area contributed by atoms with Crippen LogP contribution in [0.25, 0.3) is 0 Å². The quantitative estimate of drug-likeness (QED) is 0.827. The van der Waals surface area contributed by atoms with Gasteiger partial charge in [-0.1, -0.05) is 23.2 Å². The van der Waals surface area contributed by atoms with Gasteiger partial charge < -0.3 is 5.73 Å². The molecule has 0 aliphatic heterocycles. The first-order valence-corrected chi connectivity index (χ1v) is 4.34. The smallest absolute Gasteiger partial charge is 0.316 e. The van der Waals surface area contributed by atoms with Gasteiger partial charge in [-0.15, -0.1) is 12.4 Å². The first-order chi connectivity index (χ1) is 6.30. The Morgan fingerprint density at radius 2 is 1.47 bits per heavy atom. The number of hydrogen-bond donors (Lipinski definition) is 1. The highest BCUT2D eigenvalue weighted by Crippen LogP contribution is 2.32. The van der Waals surface area contributed by atoms with Gasteiger partial charge in [0.15, 0.2) is 0 Å². The molecule has 0 saturated heterocycles. The molecule has 1 atom stereocenters. The van der Waals surface area contributed by atoms with Gasteiger partial charge >= 0.3 is 6.18 Å². The molecule has 1 aromatic carbocycles. The fourth-order valence-corrected chi connectivity index (χ4v) is 1.49. The van der Waals surface area contributed by atoms with Gasteiger partial charge in [0, 0.05) is 10.0 Å². The largest absolute Gasteiger partial charge is 0.407 e. The average molecular weight is 281 g/mol. The van der Waals surface area contributed by atoms with Gasteiger partial charge in [-0.2, -0.15) is 13.2 Å². The van der Waals surface area contributed by atoms with Gasteiger partial charge in [0.25, 0.3) is 0 Å². The van der Waals surface area contributed by atoms with Crippen LogP contribution in [0, 0.1) is 0 Å². The highest BCUT2D eigenvalue weighted by molar-refractivity contribution is 6.34. The summed E-state index contributed by atoms with van der Waals surface area (Å²) in [6, 6.07) is 1.58. The summed E-state index contributed by atoms with van der Waals surface area (Å²) in [5.41, 5.74) is 4.82. The summed E-state index contributed by atoms with van der Waals surface area (Å²) in [5.74, 6) is 0. The van der Waals surface area contributed by atoms with Crippen molar-refractivity contribution in [2.45, 2.75) is 12.2 Å². The van der Waals surface area contributed by atoms with Crippen molar-refractivity contribution in [2.24, 2.45) is 5.73 Å². The van der Waals surface area contributed by atoms with Crippen LogP contribution in [-0.4, -0.2) is 6.18 Å². The van der Waals surface area contributed by atoms with Crippen molar-refractivity contribution in [2.75, 3.05) is 0 Å². The van der Waals surface area contributed by atoms with E-state index in [1.54, 1.807) is 0 Å². The third kappa shape index (κ3) is 4.07. The first kappa shape index (κ1) is 14.8. The van der Waals surface area contributed by atoms with Gasteiger partial charge in [0.2, 0.25) is 0 Å². The van der Waals surface area contributed by atoms with Gasteiger partial charge in [-0.05, 0) is 23.8 Å². The summed E-state index contributed by atoms with van der Waals surface area (Å²) < 4.78 is 36.6. The predicted molar refractivity (Wildman–Crippen MR) is 56.7 cm³/mol. The van der Waals surface area contributed by atoms with E-state index in [2.05, 4.69) is 0 Å². The summed E-state index contributed by atoms with van der Waals surface area (Å²) >= 11 is 11.1. The summed E-state index contributed by atoms with van der Waals surface area (Å²) in [5, 5.41) is 0.263. The van der Waals surface area contributed by atoms with Crippen LogP contribution in [-0.2, 0) is 0 Å². The summed E-state index contributed by atoms with van der Waals surface area (Å²) in [7, 11) is 0. The van der Waals surface area contributed by atoms with Crippen LogP contribution in [0.4, 0.5) is 13.2 Å². The third-order valence-electron chi connectivity index (χ3n) is 1.60. The zero-order valence-electron chi connectivity index (χ0n) is 7.18. The van der Waals surface area contributed by atoms with E-state index in [1.165, 1.54) is 6.07 Å². The number of alkyl halides is 3. The Labute approximate surface area is 101 Å². The van der Waals surface area contributed by atoms with Crippen molar-refractivity contribution < 1.29 is 13.2 Å². The average Bonchev–Trinajstić information content (AvgIpc) is 1.99. The molecule has 0 aliphatic rings. The number of halogens is 6. The minimum Gasteiger partial charge on any atom is -0.316 e. The van der Waals surface area contributed by atoms with Crippen LogP contribution in [0.2, 0.25) is 10.0 Å². The molecule has 0 saturated carbocycles. The van der Waals surface area contributed by atoms with E-state index < -0.39 is 12.2 Å². The standard InChI is InChI=1S/C8H6Cl2F3N.ClH/c9-5-1-4(2-6(10)3-5)7(14)8(11,12)13;/h1-3,7H,14H2;1H. The molecule has 2 N–H and O–H groups in total. The summed E-state index contributed by atoms with van der Waals surface area (Å²) in [4.78, 5) is 0. The van der Waals surface area contributed by atoms with Crippen molar-refractivity contribution in [3.05, 3.63) is 33.8 Å². The fourth-order valence-electron chi connectivity index (χ4n) is 0.944. The Morgan fingerprint density at radius 3 is 1.80 bits per heavy atom. The second kappa shape index (κ2) is 5.25. The Morgan fingerprint density at radius 1 is 1.07 bits per heavy atom. The molecule has 0 bridgehead atoms. The molecule has 0 fully saturated rings. The molecular weight excluding hydrogens is 273 g/mol. The fraction of sp³-hybridized carbons (Fsp3) is 0.250. The van der Waals surface area contributed by atoms with Crippen LogP contribution in [0.3, 0.4) is 0 Å². The molecule has 0 aromatic heterocycles. The monoisotopic (exact) mass is 279 g/mol. The maximum atomic E-state index is 12.2. The van der Waals surface area contributed by atoms with E-state index >= 15 is 0 Å². The lowest BCUT2D eigenvalue weighted by molar-refractivity contribution is -0.149. The molecule has 86 valence electrons. The number of hydrogen-bond acceptors (Lipinski definition) is 1. The van der Waals surface area contributed by atoms with E-state index in [4.69, 9.17) is 28.9 Å². The van der Waals surface area contributed by atoms with Gasteiger partial charge in [0.05, 0.1) is 0 Å². The maximum Gasteiger partial charge on any atom is 0.407 e. The third-order valence-corrected chi connectivity index (χ3v) is 2.03. The van der Waals surface area contributed by atoms with Crippen molar-refractivity contribution in [1.82, 2.24) is 0 Å². The lowest BCUT2D eigenvalue weighted by Crippen LogP contribution is -2.28. The van der Waals surface area contributed by atoms with Crippen LogP contribution in [0.15, 0.2) is 18.2 Å². The lowest BCUT2D eigenvalue weighted by atomic mass is 10.1. The van der Waals surface area contributed by atoms with E-state index in [-0.39, 0.29) is 28.0 Å². The zero-order valence-corrected chi connectivity index (χ0v) is 9.51. The zero-order chi connectivity index (χ0) is 10.9. The van der Waals surface area contributed by atoms with Gasteiger partial charge in [-0.3, -0.25) is 0 Å². The molecule has 1 rings (SSSR count). The number of rotatable bonds is 1. The molecule has 0 aliphatic carbocycles. The van der Waals surface area contributed by atoms with Gasteiger partial charge in [-0.25, -0.2) is 0 Å². The first-order valence-electron chi connectivity index (χ1n) is 3.59. The maximum absolute atomic E-state index is 12.2. The minimum absolute atomic E-state index is 0. The molecule has 1 unspecified atom stereocenters.